The van der Waals surface area contributed by atoms with Gasteiger partial charge in [0.2, 0.25) is 0 Å². The lowest BCUT2D eigenvalue weighted by molar-refractivity contribution is 0.246. The Morgan fingerprint density at radius 2 is 1.71 bits per heavy atom. The standard InChI is InChI=1S/C17H20N2O2/c1-2-16(17(18)19-20)21-15-10-8-14(9-11-15)12-13-6-4-3-5-7-13/h3-11,16,20H,2,12H2,1H3,(H2,18,19). The molecule has 0 amide bonds. The first-order valence-electron chi connectivity index (χ1n) is 7.00. The molecule has 110 valence electrons. The predicted molar refractivity (Wildman–Crippen MR) is 83.8 cm³/mol. The fourth-order valence-electron chi connectivity index (χ4n) is 2.10. The molecular formula is C17H20N2O2. The number of nitrogens with two attached hydrogens (primary N) is 1. The molecule has 0 bridgehead atoms. The molecule has 4 nitrogen and oxygen atoms in total. The molecule has 0 saturated heterocycles. The second kappa shape index (κ2) is 7.33. The van der Waals surface area contributed by atoms with Gasteiger partial charge < -0.3 is 15.7 Å². The summed E-state index contributed by atoms with van der Waals surface area (Å²) in [6.07, 6.45) is 1.12. The van der Waals surface area contributed by atoms with Crippen molar-refractivity contribution in [3.63, 3.8) is 0 Å². The molecule has 0 saturated carbocycles. The van der Waals surface area contributed by atoms with Gasteiger partial charge in [0.1, 0.15) is 5.75 Å². The second-order valence-electron chi connectivity index (χ2n) is 4.85. The Labute approximate surface area is 124 Å². The average Bonchev–Trinajstić information content (AvgIpc) is 2.54. The SMILES string of the molecule is CCC(Oc1ccc(Cc2ccccc2)cc1)C(N)=NO. The maximum atomic E-state index is 8.71. The molecular weight excluding hydrogens is 264 g/mol. The molecule has 1 atom stereocenters. The molecule has 0 spiro atoms. The molecule has 0 radical (unpaired) electrons. The molecule has 0 aliphatic carbocycles. The fourth-order valence-corrected chi connectivity index (χ4v) is 2.10. The molecule has 1 unspecified atom stereocenters. The monoisotopic (exact) mass is 284 g/mol. The van der Waals surface area contributed by atoms with Crippen LogP contribution in [-0.2, 0) is 6.42 Å². The van der Waals surface area contributed by atoms with Gasteiger partial charge in [-0.25, -0.2) is 0 Å². The summed E-state index contributed by atoms with van der Waals surface area (Å²) in [5.41, 5.74) is 8.07. The van der Waals surface area contributed by atoms with Gasteiger partial charge in [-0.15, -0.1) is 0 Å². The lowest BCUT2D eigenvalue weighted by Crippen LogP contribution is -2.33. The van der Waals surface area contributed by atoms with Crippen LogP contribution in [0.3, 0.4) is 0 Å². The number of nitrogens with zero attached hydrogens (tertiary/aromatic N) is 1. The van der Waals surface area contributed by atoms with Crippen LogP contribution in [0.2, 0.25) is 0 Å². The molecule has 3 N–H and O–H groups in total. The van der Waals surface area contributed by atoms with E-state index in [1.54, 1.807) is 0 Å². The average molecular weight is 284 g/mol. The van der Waals surface area contributed by atoms with Crippen molar-refractivity contribution >= 4 is 5.84 Å². The Hall–Kier alpha value is -2.49. The zero-order valence-electron chi connectivity index (χ0n) is 12.1. The Balaban J connectivity index is 2.02. The van der Waals surface area contributed by atoms with Gasteiger partial charge in [0, 0.05) is 0 Å². The molecule has 4 heteroatoms. The lowest BCUT2D eigenvalue weighted by atomic mass is 10.1. The minimum absolute atomic E-state index is 0.0888. The summed E-state index contributed by atoms with van der Waals surface area (Å²) >= 11 is 0. The number of rotatable bonds is 6. The maximum absolute atomic E-state index is 8.71. The number of hydrogen-bond acceptors (Lipinski definition) is 3. The molecule has 21 heavy (non-hydrogen) atoms. The van der Waals surface area contributed by atoms with Crippen LogP contribution >= 0.6 is 0 Å². The van der Waals surface area contributed by atoms with E-state index in [0.717, 1.165) is 6.42 Å². The second-order valence-corrected chi connectivity index (χ2v) is 4.85. The highest BCUT2D eigenvalue weighted by Gasteiger charge is 2.13. The number of benzene rings is 2. The first-order chi connectivity index (χ1) is 10.2. The summed E-state index contributed by atoms with van der Waals surface area (Å²) in [6, 6.07) is 18.2. The summed E-state index contributed by atoms with van der Waals surface area (Å²) in [7, 11) is 0. The van der Waals surface area contributed by atoms with Crippen molar-refractivity contribution in [3.05, 3.63) is 65.7 Å². The number of hydrogen-bond donors (Lipinski definition) is 2. The molecule has 0 aliphatic heterocycles. The van der Waals surface area contributed by atoms with Crippen LogP contribution in [0.5, 0.6) is 5.75 Å². The normalized spacial score (nSPS) is 12.9. The quantitative estimate of drug-likeness (QED) is 0.370. The molecule has 0 aliphatic rings. The van der Waals surface area contributed by atoms with Gasteiger partial charge in [-0.1, -0.05) is 54.5 Å². The third-order valence-corrected chi connectivity index (χ3v) is 3.27. The van der Waals surface area contributed by atoms with Gasteiger partial charge in [-0.2, -0.15) is 0 Å². The van der Waals surface area contributed by atoms with E-state index in [1.165, 1.54) is 11.1 Å². The predicted octanol–water partition coefficient (Wildman–Crippen LogP) is 3.18. The van der Waals surface area contributed by atoms with Crippen molar-refractivity contribution in [2.75, 3.05) is 0 Å². The first-order valence-corrected chi connectivity index (χ1v) is 7.00. The van der Waals surface area contributed by atoms with Crippen LogP contribution in [0, 0.1) is 0 Å². The van der Waals surface area contributed by atoms with Crippen molar-refractivity contribution in [2.24, 2.45) is 10.9 Å². The highest BCUT2D eigenvalue weighted by Crippen LogP contribution is 2.17. The van der Waals surface area contributed by atoms with Gasteiger partial charge in [-0.3, -0.25) is 0 Å². The first kappa shape index (κ1) is 14.9. The summed E-state index contributed by atoms with van der Waals surface area (Å²) in [5.74, 6) is 0.802. The van der Waals surface area contributed by atoms with Crippen molar-refractivity contribution in [3.8, 4) is 5.75 Å². The van der Waals surface area contributed by atoms with Crippen LogP contribution in [0.1, 0.15) is 24.5 Å². The Morgan fingerprint density at radius 1 is 1.10 bits per heavy atom. The summed E-state index contributed by atoms with van der Waals surface area (Å²) in [4.78, 5) is 0. The lowest BCUT2D eigenvalue weighted by Gasteiger charge is -2.16. The Kier molecular flexibility index (Phi) is 5.21. The zero-order chi connectivity index (χ0) is 15.1. The molecule has 2 aromatic rings. The Bertz CT molecular complexity index is 579. The summed E-state index contributed by atoms with van der Waals surface area (Å²) in [6.45, 7) is 1.92. The smallest absolute Gasteiger partial charge is 0.180 e. The third-order valence-electron chi connectivity index (χ3n) is 3.27. The van der Waals surface area contributed by atoms with Crippen LogP contribution < -0.4 is 10.5 Å². The van der Waals surface area contributed by atoms with Crippen LogP contribution in [0.25, 0.3) is 0 Å². The van der Waals surface area contributed by atoms with Gasteiger partial charge in [0.25, 0.3) is 0 Å². The molecule has 2 rings (SSSR count). The topological polar surface area (TPSA) is 67.8 Å². The highest BCUT2D eigenvalue weighted by molar-refractivity contribution is 5.84. The number of ether oxygens (including phenoxy) is 1. The molecule has 2 aromatic carbocycles. The summed E-state index contributed by atoms with van der Waals surface area (Å²) < 4.78 is 5.71. The van der Waals surface area contributed by atoms with Crippen LogP contribution in [0.15, 0.2) is 59.8 Å². The van der Waals surface area contributed by atoms with Crippen molar-refractivity contribution < 1.29 is 9.94 Å². The van der Waals surface area contributed by atoms with Crippen molar-refractivity contribution in [1.82, 2.24) is 0 Å². The van der Waals surface area contributed by atoms with Crippen molar-refractivity contribution in [2.45, 2.75) is 25.9 Å². The Morgan fingerprint density at radius 3 is 2.29 bits per heavy atom. The zero-order valence-corrected chi connectivity index (χ0v) is 12.1. The molecule has 0 heterocycles. The summed E-state index contributed by atoms with van der Waals surface area (Å²) in [5, 5.41) is 11.7. The van der Waals surface area contributed by atoms with E-state index in [-0.39, 0.29) is 5.84 Å². The van der Waals surface area contributed by atoms with E-state index in [0.29, 0.717) is 12.2 Å². The number of oxime groups is 1. The van der Waals surface area contributed by atoms with Crippen molar-refractivity contribution in [1.29, 1.82) is 0 Å². The van der Waals surface area contributed by atoms with E-state index in [1.807, 2.05) is 49.4 Å². The van der Waals surface area contributed by atoms with E-state index in [9.17, 15) is 0 Å². The van der Waals surface area contributed by atoms with E-state index in [4.69, 9.17) is 15.7 Å². The van der Waals surface area contributed by atoms with Gasteiger partial charge in [0.15, 0.2) is 11.9 Å². The van der Waals surface area contributed by atoms with Crippen LogP contribution in [0.4, 0.5) is 0 Å². The minimum atomic E-state index is -0.407. The highest BCUT2D eigenvalue weighted by atomic mass is 16.5. The minimum Gasteiger partial charge on any atom is -0.482 e. The van der Waals surface area contributed by atoms with E-state index < -0.39 is 6.10 Å². The molecule has 0 fully saturated rings. The fraction of sp³-hybridized carbons (Fsp3) is 0.235. The number of amidine groups is 1. The maximum Gasteiger partial charge on any atom is 0.180 e. The third kappa shape index (κ3) is 4.24. The van der Waals surface area contributed by atoms with E-state index in [2.05, 4.69) is 17.3 Å². The van der Waals surface area contributed by atoms with Crippen LogP contribution in [-0.4, -0.2) is 17.1 Å². The van der Waals surface area contributed by atoms with Gasteiger partial charge in [-0.05, 0) is 36.1 Å². The largest absolute Gasteiger partial charge is 0.482 e. The van der Waals surface area contributed by atoms with Gasteiger partial charge >= 0.3 is 0 Å². The van der Waals surface area contributed by atoms with E-state index >= 15 is 0 Å². The van der Waals surface area contributed by atoms with Gasteiger partial charge in [0.05, 0.1) is 0 Å². The molecule has 0 aromatic heterocycles.